The zero-order chi connectivity index (χ0) is 25.5. The van der Waals surface area contributed by atoms with Crippen LogP contribution in [0.4, 0.5) is 13.2 Å². The van der Waals surface area contributed by atoms with Crippen molar-refractivity contribution < 1.29 is 22.6 Å². The highest BCUT2D eigenvalue weighted by molar-refractivity contribution is 6.08. The smallest absolute Gasteiger partial charge is 0.166 e. The van der Waals surface area contributed by atoms with E-state index in [1.165, 1.54) is 43.9 Å². The molecule has 1 heterocycles. The van der Waals surface area contributed by atoms with Crippen LogP contribution in [0.2, 0.25) is 0 Å². The maximum atomic E-state index is 15.1. The number of hydrogen-bond acceptors (Lipinski definition) is 2. The van der Waals surface area contributed by atoms with Crippen molar-refractivity contribution in [3.63, 3.8) is 0 Å². The van der Waals surface area contributed by atoms with E-state index in [0.29, 0.717) is 29.9 Å². The van der Waals surface area contributed by atoms with E-state index in [-0.39, 0.29) is 35.5 Å². The van der Waals surface area contributed by atoms with Crippen LogP contribution in [0.1, 0.15) is 62.5 Å². The second-order valence-electron chi connectivity index (χ2n) is 9.42. The van der Waals surface area contributed by atoms with Crippen LogP contribution < -0.4 is 0 Å². The molecule has 188 valence electrons. The van der Waals surface area contributed by atoms with Crippen molar-refractivity contribution in [2.45, 2.75) is 64.0 Å². The third-order valence-corrected chi connectivity index (χ3v) is 6.86. The monoisotopic (exact) mass is 492 g/mol. The van der Waals surface area contributed by atoms with Crippen LogP contribution >= 0.6 is 0 Å². The molecule has 6 heteroatoms. The molecular weight excluding hydrogens is 460 g/mol. The number of ether oxygens (including phenoxy) is 2. The number of benzene rings is 3. The fraction of sp³-hybridized carbons (Fsp3) is 0.400. The Balaban J connectivity index is 1.38. The van der Waals surface area contributed by atoms with E-state index in [4.69, 9.17) is 17.3 Å². The predicted molar refractivity (Wildman–Crippen MR) is 138 cm³/mol. The molecule has 0 atom stereocenters. The second-order valence-corrected chi connectivity index (χ2v) is 9.42. The van der Waals surface area contributed by atoms with Gasteiger partial charge in [-0.25, -0.2) is 13.2 Å². The molecule has 0 saturated carbocycles. The summed E-state index contributed by atoms with van der Waals surface area (Å²) < 4.78 is 55.4. The maximum Gasteiger partial charge on any atom is 0.166 e. The highest BCUT2D eigenvalue weighted by atomic mass is 19.2. The minimum Gasteiger partial charge on any atom is -0.352 e. The highest BCUT2D eigenvalue weighted by Gasteiger charge is 2.24. The van der Waals surface area contributed by atoms with Gasteiger partial charge in [0.2, 0.25) is 0 Å². The first-order chi connectivity index (χ1) is 17.5. The van der Waals surface area contributed by atoms with Gasteiger partial charge in [-0.15, -0.1) is 0 Å². The zero-order valence-electron chi connectivity index (χ0n) is 20.7. The van der Waals surface area contributed by atoms with E-state index < -0.39 is 11.6 Å². The standard InChI is InChI=1S/C30H32BF3O2/c1-2-3-4-5-6-7-28-35-18-24(19-36-28)22-12-14-25(27(32)16-22)20-8-10-21(11-9-20)26-15-13-23(17-31)29(33)30(26)34/h8-16,24,28H,2-7,17-19H2,1H3. The first-order valence-corrected chi connectivity index (χ1v) is 12.8. The van der Waals surface area contributed by atoms with Crippen molar-refractivity contribution in [3.05, 3.63) is 83.2 Å². The Morgan fingerprint density at radius 2 is 1.42 bits per heavy atom. The molecule has 3 aromatic carbocycles. The lowest BCUT2D eigenvalue weighted by molar-refractivity contribution is -0.190. The van der Waals surface area contributed by atoms with Gasteiger partial charge in [-0.05, 0) is 41.2 Å². The molecule has 2 radical (unpaired) electrons. The van der Waals surface area contributed by atoms with E-state index >= 15 is 4.39 Å². The summed E-state index contributed by atoms with van der Waals surface area (Å²) in [6.07, 6.45) is 6.68. The summed E-state index contributed by atoms with van der Waals surface area (Å²) in [5.74, 6) is -2.23. The normalized spacial score (nSPS) is 17.9. The highest BCUT2D eigenvalue weighted by Crippen LogP contribution is 2.32. The summed E-state index contributed by atoms with van der Waals surface area (Å²) in [5.41, 5.74) is 2.71. The molecule has 4 rings (SSSR count). The van der Waals surface area contributed by atoms with E-state index in [1.54, 1.807) is 30.3 Å². The number of hydrogen-bond donors (Lipinski definition) is 0. The van der Waals surface area contributed by atoms with Crippen molar-refractivity contribution in [2.75, 3.05) is 13.2 Å². The Morgan fingerprint density at radius 3 is 2.06 bits per heavy atom. The van der Waals surface area contributed by atoms with Crippen molar-refractivity contribution in [1.82, 2.24) is 0 Å². The second kappa shape index (κ2) is 12.6. The summed E-state index contributed by atoms with van der Waals surface area (Å²) in [6.45, 7) is 3.23. The fourth-order valence-electron chi connectivity index (χ4n) is 4.64. The van der Waals surface area contributed by atoms with Crippen molar-refractivity contribution in [3.8, 4) is 22.3 Å². The van der Waals surface area contributed by atoms with Crippen molar-refractivity contribution in [1.29, 1.82) is 0 Å². The van der Waals surface area contributed by atoms with Gasteiger partial charge in [-0.2, -0.15) is 0 Å². The van der Waals surface area contributed by atoms with Gasteiger partial charge in [-0.3, -0.25) is 0 Å². The molecule has 1 aliphatic rings. The molecule has 2 nitrogen and oxygen atoms in total. The minimum atomic E-state index is -0.935. The SMILES string of the molecule is [B]Cc1ccc(-c2ccc(-c3ccc(C4COC(CCCCCCC)OC4)cc3F)cc2)c(F)c1F. The van der Waals surface area contributed by atoms with Crippen LogP contribution in [0.15, 0.2) is 54.6 Å². The van der Waals surface area contributed by atoms with E-state index in [2.05, 4.69) is 6.92 Å². The van der Waals surface area contributed by atoms with E-state index in [1.807, 2.05) is 6.07 Å². The molecule has 3 aromatic rings. The van der Waals surface area contributed by atoms with Crippen molar-refractivity contribution >= 4 is 7.85 Å². The summed E-state index contributed by atoms with van der Waals surface area (Å²) in [7, 11) is 5.45. The lowest BCUT2D eigenvalue weighted by Gasteiger charge is -2.30. The molecule has 1 aliphatic heterocycles. The van der Waals surface area contributed by atoms with Gasteiger partial charge >= 0.3 is 0 Å². The van der Waals surface area contributed by atoms with Gasteiger partial charge in [0.25, 0.3) is 0 Å². The zero-order valence-corrected chi connectivity index (χ0v) is 20.7. The predicted octanol–water partition coefficient (Wildman–Crippen LogP) is 7.92. The molecule has 1 fully saturated rings. The number of halogens is 3. The Bertz CT molecular complexity index is 1140. The molecule has 0 N–H and O–H groups in total. The van der Waals surface area contributed by atoms with Crippen LogP contribution in [0.25, 0.3) is 22.3 Å². The van der Waals surface area contributed by atoms with Crippen molar-refractivity contribution in [2.24, 2.45) is 0 Å². The lowest BCUT2D eigenvalue weighted by Crippen LogP contribution is -2.30. The van der Waals surface area contributed by atoms with E-state index in [9.17, 15) is 8.78 Å². The Kier molecular flexibility index (Phi) is 9.27. The van der Waals surface area contributed by atoms with Gasteiger partial charge in [0.1, 0.15) is 5.82 Å². The van der Waals surface area contributed by atoms with Gasteiger partial charge < -0.3 is 9.47 Å². The molecule has 0 aliphatic carbocycles. The summed E-state index contributed by atoms with van der Waals surface area (Å²) in [4.78, 5) is 0. The molecular formula is C30H32BF3O2. The Labute approximate surface area is 213 Å². The maximum absolute atomic E-state index is 15.1. The largest absolute Gasteiger partial charge is 0.352 e. The molecule has 1 saturated heterocycles. The average Bonchev–Trinajstić information content (AvgIpc) is 2.91. The minimum absolute atomic E-state index is 0.0124. The Morgan fingerprint density at radius 1 is 0.778 bits per heavy atom. The molecule has 0 aromatic heterocycles. The summed E-state index contributed by atoms with van der Waals surface area (Å²) in [5, 5.41) is 0. The third-order valence-electron chi connectivity index (χ3n) is 6.86. The molecule has 0 amide bonds. The first kappa shape index (κ1) is 26.5. The Hall–Kier alpha value is -2.57. The van der Waals surface area contributed by atoms with Crippen LogP contribution in [0.5, 0.6) is 0 Å². The third kappa shape index (κ3) is 6.22. The van der Waals surface area contributed by atoms with Gasteiger partial charge in [0.05, 0.1) is 21.1 Å². The van der Waals surface area contributed by atoms with Crippen LogP contribution in [-0.2, 0) is 15.8 Å². The lowest BCUT2D eigenvalue weighted by atomic mass is 9.93. The van der Waals surface area contributed by atoms with Crippen LogP contribution in [0.3, 0.4) is 0 Å². The van der Waals surface area contributed by atoms with Crippen LogP contribution in [0, 0.1) is 17.5 Å². The number of unbranched alkanes of at least 4 members (excludes halogenated alkanes) is 4. The van der Waals surface area contributed by atoms with Gasteiger partial charge in [-0.1, -0.05) is 87.5 Å². The molecule has 0 unspecified atom stereocenters. The topological polar surface area (TPSA) is 18.5 Å². The summed E-state index contributed by atoms with van der Waals surface area (Å²) >= 11 is 0. The van der Waals surface area contributed by atoms with Gasteiger partial charge in [0.15, 0.2) is 17.9 Å². The van der Waals surface area contributed by atoms with Gasteiger partial charge in [0, 0.05) is 17.0 Å². The molecule has 0 spiro atoms. The fourth-order valence-corrected chi connectivity index (χ4v) is 4.64. The average molecular weight is 492 g/mol. The van der Waals surface area contributed by atoms with Crippen LogP contribution in [-0.4, -0.2) is 27.4 Å². The number of rotatable bonds is 10. The summed E-state index contributed by atoms with van der Waals surface area (Å²) in [6, 6.07) is 14.9. The first-order valence-electron chi connectivity index (χ1n) is 12.8. The molecule has 0 bridgehead atoms. The quantitative estimate of drug-likeness (QED) is 0.211. The van der Waals surface area contributed by atoms with E-state index in [0.717, 1.165) is 18.4 Å². The molecule has 36 heavy (non-hydrogen) atoms.